The van der Waals surface area contributed by atoms with Gasteiger partial charge in [-0.1, -0.05) is 0 Å². The molecule has 0 aromatic carbocycles. The van der Waals surface area contributed by atoms with Crippen LogP contribution in [0.25, 0.3) is 11.0 Å². The molecule has 2 rings (SSSR count). The van der Waals surface area contributed by atoms with E-state index in [0.29, 0.717) is 11.0 Å². The molecular formula is C11H10N2O3. The van der Waals surface area contributed by atoms with Crippen LogP contribution < -0.4 is 5.43 Å². The molecule has 0 aliphatic carbocycles. The minimum atomic E-state index is -0.581. The molecule has 5 nitrogen and oxygen atoms in total. The SMILES string of the molecule is COC(=O)c1cc(=O)c2ccc(C)nc2[nH]1. The summed E-state index contributed by atoms with van der Waals surface area (Å²) in [6.45, 7) is 1.81. The van der Waals surface area contributed by atoms with Crippen LogP contribution in [-0.4, -0.2) is 23.0 Å². The number of hydrogen-bond acceptors (Lipinski definition) is 4. The predicted molar refractivity (Wildman–Crippen MR) is 58.4 cm³/mol. The number of rotatable bonds is 1. The Kier molecular flexibility index (Phi) is 2.44. The summed E-state index contributed by atoms with van der Waals surface area (Å²) < 4.78 is 4.53. The van der Waals surface area contributed by atoms with Gasteiger partial charge < -0.3 is 9.72 Å². The molecule has 1 N–H and O–H groups in total. The summed E-state index contributed by atoms with van der Waals surface area (Å²) >= 11 is 0. The van der Waals surface area contributed by atoms with Gasteiger partial charge in [-0.2, -0.15) is 0 Å². The van der Waals surface area contributed by atoms with E-state index in [1.54, 1.807) is 12.1 Å². The number of fused-ring (bicyclic) bond motifs is 1. The fourth-order valence-electron chi connectivity index (χ4n) is 1.44. The number of pyridine rings is 2. The van der Waals surface area contributed by atoms with Crippen LogP contribution in [0.5, 0.6) is 0 Å². The minimum absolute atomic E-state index is 0.109. The van der Waals surface area contributed by atoms with Crippen molar-refractivity contribution in [2.45, 2.75) is 6.92 Å². The highest BCUT2D eigenvalue weighted by atomic mass is 16.5. The third-order valence-corrected chi connectivity index (χ3v) is 2.23. The zero-order valence-corrected chi connectivity index (χ0v) is 8.90. The Balaban J connectivity index is 2.75. The number of carbonyl (C=O) groups is 1. The Labute approximate surface area is 91.1 Å². The number of H-pyrrole nitrogens is 1. The van der Waals surface area contributed by atoms with Gasteiger partial charge in [0.2, 0.25) is 0 Å². The molecule has 0 aliphatic heterocycles. The van der Waals surface area contributed by atoms with E-state index < -0.39 is 5.97 Å². The van der Waals surface area contributed by atoms with Crippen molar-refractivity contribution < 1.29 is 9.53 Å². The molecule has 16 heavy (non-hydrogen) atoms. The zero-order chi connectivity index (χ0) is 11.7. The van der Waals surface area contributed by atoms with Crippen LogP contribution in [0.1, 0.15) is 16.2 Å². The quantitative estimate of drug-likeness (QED) is 0.725. The van der Waals surface area contributed by atoms with E-state index in [2.05, 4.69) is 14.7 Å². The molecule has 0 amide bonds. The van der Waals surface area contributed by atoms with Crippen molar-refractivity contribution in [1.82, 2.24) is 9.97 Å². The Hall–Kier alpha value is -2.17. The fraction of sp³-hybridized carbons (Fsp3) is 0.182. The molecule has 2 heterocycles. The number of nitrogens with zero attached hydrogens (tertiary/aromatic N) is 1. The first-order valence-corrected chi connectivity index (χ1v) is 4.71. The number of aromatic amines is 1. The van der Waals surface area contributed by atoms with Crippen LogP contribution in [0.2, 0.25) is 0 Å². The van der Waals surface area contributed by atoms with E-state index in [1.165, 1.54) is 13.2 Å². The Morgan fingerprint density at radius 2 is 2.19 bits per heavy atom. The van der Waals surface area contributed by atoms with Gasteiger partial charge in [0.1, 0.15) is 11.3 Å². The Morgan fingerprint density at radius 3 is 2.88 bits per heavy atom. The maximum Gasteiger partial charge on any atom is 0.354 e. The second kappa shape index (κ2) is 3.77. The summed E-state index contributed by atoms with van der Waals surface area (Å²) in [4.78, 5) is 29.9. The first-order valence-electron chi connectivity index (χ1n) is 4.71. The van der Waals surface area contributed by atoms with Gasteiger partial charge in [-0.05, 0) is 19.1 Å². The zero-order valence-electron chi connectivity index (χ0n) is 8.90. The highest BCUT2D eigenvalue weighted by Gasteiger charge is 2.09. The van der Waals surface area contributed by atoms with Crippen molar-refractivity contribution in [3.63, 3.8) is 0 Å². The van der Waals surface area contributed by atoms with Gasteiger partial charge in [0.15, 0.2) is 5.43 Å². The third-order valence-electron chi connectivity index (χ3n) is 2.23. The molecule has 5 heteroatoms. The summed E-state index contributed by atoms with van der Waals surface area (Å²) in [5.74, 6) is -0.581. The number of methoxy groups -OCH3 is 1. The van der Waals surface area contributed by atoms with Crippen LogP contribution in [0.4, 0.5) is 0 Å². The molecule has 0 saturated heterocycles. The molecule has 82 valence electrons. The molecule has 0 radical (unpaired) electrons. The molecule has 0 bridgehead atoms. The third kappa shape index (κ3) is 1.67. The molecule has 0 unspecified atom stereocenters. The molecular weight excluding hydrogens is 208 g/mol. The largest absolute Gasteiger partial charge is 0.464 e. The number of esters is 1. The van der Waals surface area contributed by atoms with E-state index in [4.69, 9.17) is 0 Å². The molecule has 2 aromatic heterocycles. The standard InChI is InChI=1S/C11H10N2O3/c1-6-3-4-7-9(14)5-8(11(15)16-2)13-10(7)12-6/h3-5H,1-2H3,(H,12,13,14). The number of ether oxygens (including phenoxy) is 1. The monoisotopic (exact) mass is 218 g/mol. The van der Waals surface area contributed by atoms with Crippen molar-refractivity contribution in [2.24, 2.45) is 0 Å². The molecule has 0 fully saturated rings. The van der Waals surface area contributed by atoms with Crippen LogP contribution in [0.15, 0.2) is 23.0 Å². The minimum Gasteiger partial charge on any atom is -0.464 e. The van der Waals surface area contributed by atoms with Gasteiger partial charge in [-0.3, -0.25) is 4.79 Å². The Morgan fingerprint density at radius 1 is 1.44 bits per heavy atom. The summed E-state index contributed by atoms with van der Waals surface area (Å²) in [6.07, 6.45) is 0. The van der Waals surface area contributed by atoms with Crippen LogP contribution in [0.3, 0.4) is 0 Å². The highest BCUT2D eigenvalue weighted by molar-refractivity contribution is 5.90. The predicted octanol–water partition coefficient (Wildman–Crippen LogP) is 1.02. The number of aromatic nitrogens is 2. The van der Waals surface area contributed by atoms with Crippen LogP contribution >= 0.6 is 0 Å². The van der Waals surface area contributed by atoms with Crippen molar-refractivity contribution in [2.75, 3.05) is 7.11 Å². The summed E-state index contributed by atoms with van der Waals surface area (Å²) in [6, 6.07) is 4.64. The number of nitrogens with one attached hydrogen (secondary N) is 1. The Bertz CT molecular complexity index is 616. The van der Waals surface area contributed by atoms with Crippen LogP contribution in [-0.2, 0) is 4.74 Å². The number of hydrogen-bond donors (Lipinski definition) is 1. The van der Waals surface area contributed by atoms with E-state index in [0.717, 1.165) is 5.69 Å². The van der Waals surface area contributed by atoms with Gasteiger partial charge in [0, 0.05) is 11.8 Å². The van der Waals surface area contributed by atoms with Gasteiger partial charge in [-0.15, -0.1) is 0 Å². The van der Waals surface area contributed by atoms with Gasteiger partial charge in [-0.25, -0.2) is 9.78 Å². The summed E-state index contributed by atoms with van der Waals surface area (Å²) in [5, 5.41) is 0.457. The lowest BCUT2D eigenvalue weighted by atomic mass is 10.2. The fourth-order valence-corrected chi connectivity index (χ4v) is 1.44. The topological polar surface area (TPSA) is 72.1 Å². The second-order valence-corrected chi connectivity index (χ2v) is 3.39. The van der Waals surface area contributed by atoms with E-state index >= 15 is 0 Å². The molecule has 0 atom stereocenters. The van der Waals surface area contributed by atoms with Gasteiger partial charge in [0.25, 0.3) is 0 Å². The van der Waals surface area contributed by atoms with E-state index in [1.807, 2.05) is 6.92 Å². The summed E-state index contributed by atoms with van der Waals surface area (Å²) in [7, 11) is 1.26. The number of carbonyl (C=O) groups excluding carboxylic acids is 1. The van der Waals surface area contributed by atoms with E-state index in [9.17, 15) is 9.59 Å². The van der Waals surface area contributed by atoms with Crippen molar-refractivity contribution in [1.29, 1.82) is 0 Å². The average molecular weight is 218 g/mol. The maximum absolute atomic E-state index is 11.7. The molecule has 0 saturated carbocycles. The number of aryl methyl sites for hydroxylation is 1. The highest BCUT2D eigenvalue weighted by Crippen LogP contribution is 2.07. The van der Waals surface area contributed by atoms with E-state index in [-0.39, 0.29) is 11.1 Å². The van der Waals surface area contributed by atoms with Gasteiger partial charge in [0.05, 0.1) is 12.5 Å². The smallest absolute Gasteiger partial charge is 0.354 e. The first-order chi connectivity index (χ1) is 7.61. The normalized spacial score (nSPS) is 10.4. The lowest BCUT2D eigenvalue weighted by Crippen LogP contribution is -2.12. The van der Waals surface area contributed by atoms with Gasteiger partial charge >= 0.3 is 5.97 Å². The first kappa shape index (κ1) is 10.4. The molecule has 2 aromatic rings. The lowest BCUT2D eigenvalue weighted by Gasteiger charge is -2.02. The second-order valence-electron chi connectivity index (χ2n) is 3.39. The van der Waals surface area contributed by atoms with Crippen molar-refractivity contribution in [3.8, 4) is 0 Å². The maximum atomic E-state index is 11.7. The van der Waals surface area contributed by atoms with Crippen LogP contribution in [0, 0.1) is 6.92 Å². The lowest BCUT2D eigenvalue weighted by molar-refractivity contribution is 0.0594. The molecule has 0 spiro atoms. The van der Waals surface area contributed by atoms with Crippen molar-refractivity contribution >= 4 is 17.0 Å². The average Bonchev–Trinajstić information content (AvgIpc) is 2.27. The summed E-state index contributed by atoms with van der Waals surface area (Å²) in [5.41, 5.74) is 1.03. The molecule has 0 aliphatic rings. The van der Waals surface area contributed by atoms with Crippen molar-refractivity contribution in [3.05, 3.63) is 39.8 Å².